The summed E-state index contributed by atoms with van der Waals surface area (Å²) in [6.07, 6.45) is 5.36. The first-order valence-electron chi connectivity index (χ1n) is 9.21. The van der Waals surface area contributed by atoms with Crippen LogP contribution in [0.3, 0.4) is 0 Å². The standard InChI is InChI=1S/C19H24N2O5/c1-3-26-19(23)15-9-14(10-16(11-15)21(24)25)18(22)20-12(2)8-13-6-4-5-7-17(13)20/h9-13,17H,3-8H2,1-2H3. The fraction of sp³-hybridized carbons (Fsp3) is 0.579. The van der Waals surface area contributed by atoms with E-state index in [-0.39, 0.29) is 41.4 Å². The topological polar surface area (TPSA) is 89.8 Å². The van der Waals surface area contributed by atoms with Gasteiger partial charge in [-0.3, -0.25) is 14.9 Å². The summed E-state index contributed by atoms with van der Waals surface area (Å²) >= 11 is 0. The first kappa shape index (κ1) is 18.4. The number of fused-ring (bicyclic) bond motifs is 1. The molecule has 0 N–H and O–H groups in total. The Hall–Kier alpha value is -2.44. The van der Waals surface area contributed by atoms with Gasteiger partial charge in [0.15, 0.2) is 0 Å². The van der Waals surface area contributed by atoms with Crippen LogP contribution < -0.4 is 0 Å². The smallest absolute Gasteiger partial charge is 0.338 e. The minimum atomic E-state index is -0.657. The summed E-state index contributed by atoms with van der Waals surface area (Å²) in [5.74, 6) is -0.387. The Morgan fingerprint density at radius 2 is 1.92 bits per heavy atom. The van der Waals surface area contributed by atoms with Crippen LogP contribution in [-0.2, 0) is 4.74 Å². The van der Waals surface area contributed by atoms with E-state index in [9.17, 15) is 19.7 Å². The third-order valence-corrected chi connectivity index (χ3v) is 5.47. The van der Waals surface area contributed by atoms with Gasteiger partial charge in [0.05, 0.1) is 17.1 Å². The molecule has 26 heavy (non-hydrogen) atoms. The summed E-state index contributed by atoms with van der Waals surface area (Å²) in [7, 11) is 0. The molecular weight excluding hydrogens is 336 g/mol. The molecule has 1 aliphatic carbocycles. The van der Waals surface area contributed by atoms with Crippen molar-refractivity contribution in [3.8, 4) is 0 Å². The number of hydrogen-bond donors (Lipinski definition) is 0. The fourth-order valence-electron chi connectivity index (χ4n) is 4.38. The first-order valence-corrected chi connectivity index (χ1v) is 9.21. The molecule has 7 heteroatoms. The molecule has 1 aromatic rings. The third-order valence-electron chi connectivity index (χ3n) is 5.47. The summed E-state index contributed by atoms with van der Waals surface area (Å²) in [4.78, 5) is 37.7. The lowest BCUT2D eigenvalue weighted by Crippen LogP contribution is -2.42. The number of nitro groups is 1. The monoisotopic (exact) mass is 360 g/mol. The highest BCUT2D eigenvalue weighted by atomic mass is 16.6. The van der Waals surface area contributed by atoms with Gasteiger partial charge in [-0.05, 0) is 45.1 Å². The molecule has 1 heterocycles. The molecule has 7 nitrogen and oxygen atoms in total. The van der Waals surface area contributed by atoms with E-state index < -0.39 is 10.9 Å². The molecule has 3 atom stereocenters. The Morgan fingerprint density at radius 1 is 1.23 bits per heavy atom. The highest BCUT2D eigenvalue weighted by Crippen LogP contribution is 2.40. The van der Waals surface area contributed by atoms with E-state index in [1.54, 1.807) is 6.92 Å². The van der Waals surface area contributed by atoms with Gasteiger partial charge in [0, 0.05) is 29.8 Å². The summed E-state index contributed by atoms with van der Waals surface area (Å²) < 4.78 is 4.94. The summed E-state index contributed by atoms with van der Waals surface area (Å²) in [6.45, 7) is 3.86. The fourth-order valence-corrected chi connectivity index (χ4v) is 4.38. The van der Waals surface area contributed by atoms with Crippen LogP contribution in [0.15, 0.2) is 18.2 Å². The molecule has 1 saturated carbocycles. The number of benzene rings is 1. The highest BCUT2D eigenvalue weighted by molar-refractivity contribution is 5.99. The van der Waals surface area contributed by atoms with Gasteiger partial charge in [-0.2, -0.15) is 0 Å². The molecule has 3 rings (SSSR count). The summed E-state index contributed by atoms with van der Waals surface area (Å²) in [5, 5.41) is 11.3. The molecule has 1 aliphatic heterocycles. The molecule has 0 aromatic heterocycles. The van der Waals surface area contributed by atoms with Crippen LogP contribution in [0.2, 0.25) is 0 Å². The second-order valence-corrected chi connectivity index (χ2v) is 7.16. The van der Waals surface area contributed by atoms with Crippen LogP contribution >= 0.6 is 0 Å². The van der Waals surface area contributed by atoms with Crippen molar-refractivity contribution in [3.63, 3.8) is 0 Å². The van der Waals surface area contributed by atoms with Crippen molar-refractivity contribution in [2.45, 2.75) is 58.0 Å². The van der Waals surface area contributed by atoms with Gasteiger partial charge in [0.2, 0.25) is 0 Å². The maximum atomic E-state index is 13.2. The molecule has 1 aromatic carbocycles. The summed E-state index contributed by atoms with van der Waals surface area (Å²) in [5.41, 5.74) is -0.0530. The lowest BCUT2D eigenvalue weighted by Gasteiger charge is -2.33. The molecular formula is C19H24N2O5. The van der Waals surface area contributed by atoms with E-state index in [0.717, 1.165) is 31.7 Å². The quantitative estimate of drug-likeness (QED) is 0.465. The van der Waals surface area contributed by atoms with E-state index in [0.29, 0.717) is 5.92 Å². The van der Waals surface area contributed by atoms with E-state index in [1.165, 1.54) is 18.6 Å². The lowest BCUT2D eigenvalue weighted by molar-refractivity contribution is -0.384. The van der Waals surface area contributed by atoms with Crippen molar-refractivity contribution in [2.24, 2.45) is 5.92 Å². The number of rotatable bonds is 4. The molecule has 0 bridgehead atoms. The Kier molecular flexibility index (Phi) is 5.25. The van der Waals surface area contributed by atoms with Crippen LogP contribution in [0.4, 0.5) is 5.69 Å². The molecule has 2 fully saturated rings. The largest absolute Gasteiger partial charge is 0.462 e. The number of nitro benzene ring substituents is 1. The van der Waals surface area contributed by atoms with Crippen LogP contribution in [0, 0.1) is 16.0 Å². The molecule has 0 radical (unpaired) electrons. The van der Waals surface area contributed by atoms with Crippen molar-refractivity contribution in [1.82, 2.24) is 4.90 Å². The lowest BCUT2D eigenvalue weighted by atomic mass is 9.85. The Morgan fingerprint density at radius 3 is 2.62 bits per heavy atom. The van der Waals surface area contributed by atoms with Crippen LogP contribution in [0.5, 0.6) is 0 Å². The van der Waals surface area contributed by atoms with E-state index in [2.05, 4.69) is 0 Å². The van der Waals surface area contributed by atoms with Crippen LogP contribution in [0.25, 0.3) is 0 Å². The molecule has 3 unspecified atom stereocenters. The number of amides is 1. The van der Waals surface area contributed by atoms with E-state index in [4.69, 9.17) is 4.74 Å². The van der Waals surface area contributed by atoms with Crippen LogP contribution in [0.1, 0.15) is 66.7 Å². The summed E-state index contributed by atoms with van der Waals surface area (Å²) in [6, 6.07) is 4.12. The van der Waals surface area contributed by atoms with Crippen molar-refractivity contribution in [1.29, 1.82) is 0 Å². The number of nitrogens with zero attached hydrogens (tertiary/aromatic N) is 2. The third kappa shape index (κ3) is 3.43. The second-order valence-electron chi connectivity index (χ2n) is 7.16. The van der Waals surface area contributed by atoms with Gasteiger partial charge in [-0.25, -0.2) is 4.79 Å². The molecule has 1 amide bonds. The normalized spacial score (nSPS) is 24.8. The molecule has 1 saturated heterocycles. The average molecular weight is 360 g/mol. The minimum Gasteiger partial charge on any atom is -0.462 e. The Balaban J connectivity index is 1.95. The van der Waals surface area contributed by atoms with Crippen molar-refractivity contribution < 1.29 is 19.2 Å². The number of likely N-dealkylation sites (tertiary alicyclic amines) is 1. The van der Waals surface area contributed by atoms with Gasteiger partial charge in [0.1, 0.15) is 0 Å². The van der Waals surface area contributed by atoms with Crippen LogP contribution in [-0.4, -0.2) is 40.4 Å². The zero-order valence-electron chi connectivity index (χ0n) is 15.1. The number of hydrogen-bond acceptors (Lipinski definition) is 5. The second kappa shape index (κ2) is 7.43. The van der Waals surface area contributed by atoms with Crippen molar-refractivity contribution in [3.05, 3.63) is 39.4 Å². The first-order chi connectivity index (χ1) is 12.4. The number of esters is 1. The number of carbonyl (C=O) groups is 2. The molecule has 2 aliphatic rings. The average Bonchev–Trinajstić information content (AvgIpc) is 2.96. The highest BCUT2D eigenvalue weighted by Gasteiger charge is 2.43. The number of ether oxygens (including phenoxy) is 1. The minimum absolute atomic E-state index is 0.0384. The van der Waals surface area contributed by atoms with Crippen molar-refractivity contribution >= 4 is 17.6 Å². The molecule has 0 spiro atoms. The van der Waals surface area contributed by atoms with Gasteiger partial charge >= 0.3 is 5.97 Å². The SMILES string of the molecule is CCOC(=O)c1cc(C(=O)N2C(C)CC3CCCCC32)cc([N+](=O)[O-])c1. The predicted molar refractivity (Wildman–Crippen MR) is 95.0 cm³/mol. The van der Waals surface area contributed by atoms with E-state index >= 15 is 0 Å². The Labute approximate surface area is 152 Å². The van der Waals surface area contributed by atoms with Gasteiger partial charge in [-0.1, -0.05) is 12.8 Å². The van der Waals surface area contributed by atoms with Gasteiger partial charge in [-0.15, -0.1) is 0 Å². The Bertz CT molecular complexity index is 733. The van der Waals surface area contributed by atoms with E-state index in [1.807, 2.05) is 11.8 Å². The zero-order chi connectivity index (χ0) is 18.8. The maximum absolute atomic E-state index is 13.2. The van der Waals surface area contributed by atoms with Crippen molar-refractivity contribution in [2.75, 3.05) is 6.61 Å². The maximum Gasteiger partial charge on any atom is 0.338 e. The van der Waals surface area contributed by atoms with Gasteiger partial charge < -0.3 is 9.64 Å². The number of carbonyl (C=O) groups excluding carboxylic acids is 2. The number of non-ortho nitro benzene ring substituents is 1. The predicted octanol–water partition coefficient (Wildman–Crippen LogP) is 3.56. The molecule has 140 valence electrons. The zero-order valence-corrected chi connectivity index (χ0v) is 15.1. The van der Waals surface area contributed by atoms with Gasteiger partial charge in [0.25, 0.3) is 11.6 Å².